The average molecular weight is 262 g/mol. The first-order valence-corrected chi connectivity index (χ1v) is 6.83. The highest BCUT2D eigenvalue weighted by Gasteiger charge is 2.38. The fourth-order valence-corrected chi connectivity index (χ4v) is 2.66. The van der Waals surface area contributed by atoms with Crippen molar-refractivity contribution in [2.45, 2.75) is 33.6 Å². The van der Waals surface area contributed by atoms with Gasteiger partial charge in [0.15, 0.2) is 0 Å². The number of rotatable bonds is 2. The number of carbonyl (C=O) groups is 1. The van der Waals surface area contributed by atoms with E-state index in [1.807, 2.05) is 13.8 Å². The van der Waals surface area contributed by atoms with Gasteiger partial charge in [0.2, 0.25) is 0 Å². The second kappa shape index (κ2) is 5.33. The van der Waals surface area contributed by atoms with Crippen LogP contribution in [0.25, 0.3) is 0 Å². The quantitative estimate of drug-likeness (QED) is 0.435. The van der Waals surface area contributed by atoms with Gasteiger partial charge in [-0.1, -0.05) is 18.2 Å². The molecule has 0 saturated carbocycles. The summed E-state index contributed by atoms with van der Waals surface area (Å²) in [5.74, 6) is -0.220. The third-order valence-electron chi connectivity index (χ3n) is 4.25. The summed E-state index contributed by atoms with van der Waals surface area (Å²) in [5, 5.41) is 0. The van der Waals surface area contributed by atoms with Crippen molar-refractivity contribution < 1.29 is 14.3 Å². The minimum Gasteiger partial charge on any atom is -0.463 e. The van der Waals surface area contributed by atoms with E-state index in [1.54, 1.807) is 0 Å². The maximum Gasteiger partial charge on any atom is 0.333 e. The SMILES string of the molecule is C=C1CC/C(=C(\C)C(=O)OCC)C=C2COC[C@]12C. The van der Waals surface area contributed by atoms with Gasteiger partial charge in [0.25, 0.3) is 0 Å². The van der Waals surface area contributed by atoms with Crippen LogP contribution >= 0.6 is 0 Å². The van der Waals surface area contributed by atoms with Crippen LogP contribution < -0.4 is 0 Å². The molecule has 0 aromatic heterocycles. The van der Waals surface area contributed by atoms with E-state index in [1.165, 1.54) is 11.1 Å². The second-order valence-electron chi connectivity index (χ2n) is 5.47. The summed E-state index contributed by atoms with van der Waals surface area (Å²) < 4.78 is 10.7. The van der Waals surface area contributed by atoms with Gasteiger partial charge in [0.05, 0.1) is 19.8 Å². The Morgan fingerprint density at radius 3 is 2.95 bits per heavy atom. The molecule has 0 spiro atoms. The third-order valence-corrected chi connectivity index (χ3v) is 4.25. The standard InChI is InChI=1S/C16H22O3/c1-5-19-15(17)12(3)13-7-6-11(2)16(4)10-18-9-14(16)8-13/h8H,2,5-7,9-10H2,1,3-4H3/b13-12-/t16-/m1/s1. The van der Waals surface area contributed by atoms with Gasteiger partial charge in [-0.15, -0.1) is 0 Å². The highest BCUT2D eigenvalue weighted by molar-refractivity contribution is 5.89. The first kappa shape index (κ1) is 14.1. The zero-order valence-electron chi connectivity index (χ0n) is 12.0. The molecule has 0 N–H and O–H groups in total. The number of hydrogen-bond acceptors (Lipinski definition) is 3. The van der Waals surface area contributed by atoms with Crippen molar-refractivity contribution in [2.75, 3.05) is 19.8 Å². The molecule has 2 aliphatic rings. The molecular weight excluding hydrogens is 240 g/mol. The molecule has 1 saturated heterocycles. The fourth-order valence-electron chi connectivity index (χ4n) is 2.66. The van der Waals surface area contributed by atoms with E-state index in [-0.39, 0.29) is 11.4 Å². The largest absolute Gasteiger partial charge is 0.463 e. The number of esters is 1. The molecule has 3 heteroatoms. The topological polar surface area (TPSA) is 35.5 Å². The lowest BCUT2D eigenvalue weighted by Crippen LogP contribution is -2.20. The van der Waals surface area contributed by atoms with Gasteiger partial charge in [0.1, 0.15) is 0 Å². The van der Waals surface area contributed by atoms with Crippen molar-refractivity contribution in [1.29, 1.82) is 0 Å². The van der Waals surface area contributed by atoms with Crippen molar-refractivity contribution in [3.8, 4) is 0 Å². The van der Waals surface area contributed by atoms with Crippen LogP contribution in [0.4, 0.5) is 0 Å². The predicted octanol–water partition coefficient (Wildman–Crippen LogP) is 3.18. The molecular formula is C16H22O3. The van der Waals surface area contributed by atoms with Crippen molar-refractivity contribution >= 4 is 5.97 Å². The molecule has 0 radical (unpaired) electrons. The predicted molar refractivity (Wildman–Crippen MR) is 74.7 cm³/mol. The van der Waals surface area contributed by atoms with E-state index < -0.39 is 0 Å². The molecule has 104 valence electrons. The summed E-state index contributed by atoms with van der Waals surface area (Å²) in [6.45, 7) is 11.8. The van der Waals surface area contributed by atoms with Crippen LogP contribution in [0.2, 0.25) is 0 Å². The van der Waals surface area contributed by atoms with Gasteiger partial charge in [-0.25, -0.2) is 4.79 Å². The highest BCUT2D eigenvalue weighted by atomic mass is 16.5. The van der Waals surface area contributed by atoms with Crippen LogP contribution in [0.1, 0.15) is 33.6 Å². The Bertz CT molecular complexity index is 470. The molecule has 0 amide bonds. The molecule has 0 unspecified atom stereocenters. The highest BCUT2D eigenvalue weighted by Crippen LogP contribution is 2.45. The Hall–Kier alpha value is -1.35. The Morgan fingerprint density at radius 1 is 1.53 bits per heavy atom. The number of ether oxygens (including phenoxy) is 2. The normalized spacial score (nSPS) is 29.4. The van der Waals surface area contributed by atoms with Gasteiger partial charge in [-0.2, -0.15) is 0 Å². The van der Waals surface area contributed by atoms with Gasteiger partial charge in [0, 0.05) is 11.0 Å². The Labute approximate surface area is 115 Å². The maximum absolute atomic E-state index is 11.8. The summed E-state index contributed by atoms with van der Waals surface area (Å²) in [6, 6.07) is 0. The van der Waals surface area contributed by atoms with Gasteiger partial charge >= 0.3 is 5.97 Å². The van der Waals surface area contributed by atoms with Crippen LogP contribution in [0.5, 0.6) is 0 Å². The number of allylic oxidation sites excluding steroid dienone is 2. The molecule has 2 rings (SSSR count). The maximum atomic E-state index is 11.8. The molecule has 1 heterocycles. The molecule has 1 aliphatic heterocycles. The molecule has 3 nitrogen and oxygen atoms in total. The number of fused-ring (bicyclic) bond motifs is 1. The van der Waals surface area contributed by atoms with Crippen LogP contribution in [-0.2, 0) is 14.3 Å². The summed E-state index contributed by atoms with van der Waals surface area (Å²) in [6.07, 6.45) is 3.87. The van der Waals surface area contributed by atoms with E-state index in [0.717, 1.165) is 18.4 Å². The van der Waals surface area contributed by atoms with E-state index in [0.29, 0.717) is 25.4 Å². The van der Waals surface area contributed by atoms with Crippen LogP contribution in [0.15, 0.2) is 34.9 Å². The van der Waals surface area contributed by atoms with Crippen LogP contribution in [-0.4, -0.2) is 25.8 Å². The van der Waals surface area contributed by atoms with Crippen molar-refractivity contribution in [2.24, 2.45) is 5.41 Å². The number of carbonyl (C=O) groups excluding carboxylic acids is 1. The Morgan fingerprint density at radius 2 is 2.26 bits per heavy atom. The molecule has 19 heavy (non-hydrogen) atoms. The number of hydrogen-bond donors (Lipinski definition) is 0. The van der Waals surface area contributed by atoms with Crippen LogP contribution in [0, 0.1) is 5.41 Å². The Balaban J connectivity index is 2.37. The summed E-state index contributed by atoms with van der Waals surface area (Å²) >= 11 is 0. The minimum absolute atomic E-state index is 0.0588. The fraction of sp³-hybridized carbons (Fsp3) is 0.562. The minimum atomic E-state index is -0.220. The third kappa shape index (κ3) is 2.52. The zero-order chi connectivity index (χ0) is 14.0. The lowest BCUT2D eigenvalue weighted by Gasteiger charge is -2.25. The van der Waals surface area contributed by atoms with Crippen molar-refractivity contribution in [3.05, 3.63) is 34.9 Å². The van der Waals surface area contributed by atoms with E-state index >= 15 is 0 Å². The molecule has 0 bridgehead atoms. The summed E-state index contributed by atoms with van der Waals surface area (Å²) in [5.41, 5.74) is 4.13. The molecule has 0 aromatic carbocycles. The van der Waals surface area contributed by atoms with E-state index in [2.05, 4.69) is 19.6 Å². The Kier molecular flexibility index (Phi) is 3.95. The molecule has 1 atom stereocenters. The smallest absolute Gasteiger partial charge is 0.333 e. The first-order chi connectivity index (χ1) is 8.99. The van der Waals surface area contributed by atoms with Crippen LogP contribution in [0.3, 0.4) is 0 Å². The lowest BCUT2D eigenvalue weighted by atomic mass is 9.78. The molecule has 0 aromatic rings. The van der Waals surface area contributed by atoms with Crippen molar-refractivity contribution in [3.63, 3.8) is 0 Å². The average Bonchev–Trinajstić information content (AvgIpc) is 2.71. The zero-order valence-corrected chi connectivity index (χ0v) is 12.0. The monoisotopic (exact) mass is 262 g/mol. The van der Waals surface area contributed by atoms with Gasteiger partial charge in [-0.05, 0) is 44.8 Å². The van der Waals surface area contributed by atoms with Gasteiger partial charge < -0.3 is 9.47 Å². The first-order valence-electron chi connectivity index (χ1n) is 6.83. The van der Waals surface area contributed by atoms with E-state index in [9.17, 15) is 4.79 Å². The molecule has 1 fully saturated rings. The summed E-state index contributed by atoms with van der Waals surface area (Å²) in [4.78, 5) is 11.8. The van der Waals surface area contributed by atoms with E-state index in [4.69, 9.17) is 9.47 Å². The molecule has 1 aliphatic carbocycles. The van der Waals surface area contributed by atoms with Crippen molar-refractivity contribution in [1.82, 2.24) is 0 Å². The van der Waals surface area contributed by atoms with Gasteiger partial charge in [-0.3, -0.25) is 0 Å². The second-order valence-corrected chi connectivity index (χ2v) is 5.47. The lowest BCUT2D eigenvalue weighted by molar-refractivity contribution is -0.138. The summed E-state index contributed by atoms with van der Waals surface area (Å²) in [7, 11) is 0.